The molecule has 0 saturated carbocycles. The van der Waals surface area contributed by atoms with Crippen LogP contribution in [-0.2, 0) is 30.0 Å². The van der Waals surface area contributed by atoms with Crippen molar-refractivity contribution in [3.8, 4) is 0 Å². The first-order valence-corrected chi connectivity index (χ1v) is 22.0. The zero-order valence-electron chi connectivity index (χ0n) is 33.0. The molecular formula is C41H62ClN3O6Si. The third kappa shape index (κ3) is 13.3. The van der Waals surface area contributed by atoms with Crippen LogP contribution in [0.25, 0.3) is 0 Å². The Morgan fingerprint density at radius 3 is 2.12 bits per heavy atom. The third-order valence-electron chi connectivity index (χ3n) is 9.79. The second-order valence-electron chi connectivity index (χ2n) is 16.7. The van der Waals surface area contributed by atoms with Crippen molar-refractivity contribution in [1.82, 2.24) is 15.5 Å². The van der Waals surface area contributed by atoms with Crippen LogP contribution >= 0.6 is 11.6 Å². The smallest absolute Gasteiger partial charge is 0.407 e. The molecule has 2 aromatic rings. The van der Waals surface area contributed by atoms with Gasteiger partial charge in [-0.1, -0.05) is 95.1 Å². The van der Waals surface area contributed by atoms with Gasteiger partial charge in [0, 0.05) is 36.9 Å². The molecule has 0 spiro atoms. The summed E-state index contributed by atoms with van der Waals surface area (Å²) in [5.41, 5.74) is 0.671. The fraction of sp³-hybridized carbons (Fsp3) is 0.610. The largest absolute Gasteiger partial charge is 0.444 e. The first-order valence-electron chi connectivity index (χ1n) is 18.8. The van der Waals surface area contributed by atoms with Crippen LogP contribution < -0.4 is 10.6 Å². The SMILES string of the molecule is CC[C@H](C)[C@H](NC(=O)[C@@H](Cc1cccc(Cl)c1)C[C@H]([C@H](NC(=O)OC(C)(C)C)C(O[SiH](C)C)c1ccccc1)C(C)(C)C)C(=O)N1CCC(=O)CC1. The van der Waals surface area contributed by atoms with E-state index in [0.717, 1.165) is 11.1 Å². The predicted molar refractivity (Wildman–Crippen MR) is 211 cm³/mol. The molecule has 52 heavy (non-hydrogen) atoms. The first-order chi connectivity index (χ1) is 24.3. The van der Waals surface area contributed by atoms with E-state index in [4.69, 9.17) is 20.8 Å². The van der Waals surface area contributed by atoms with Gasteiger partial charge < -0.3 is 24.7 Å². The van der Waals surface area contributed by atoms with E-state index in [0.29, 0.717) is 50.2 Å². The number of Topliss-reactive ketones (excluding diaryl/α,β-unsaturated/α-hetero) is 1. The Labute approximate surface area is 318 Å². The summed E-state index contributed by atoms with van der Waals surface area (Å²) >= 11 is 6.44. The van der Waals surface area contributed by atoms with Gasteiger partial charge in [0.15, 0.2) is 9.04 Å². The molecule has 2 aromatic carbocycles. The number of amides is 3. The van der Waals surface area contributed by atoms with Crippen LogP contribution in [-0.4, -0.2) is 68.4 Å². The van der Waals surface area contributed by atoms with E-state index in [1.807, 2.05) is 83.1 Å². The molecule has 0 aliphatic carbocycles. The molecule has 1 fully saturated rings. The lowest BCUT2D eigenvalue weighted by Crippen LogP contribution is -2.55. The Balaban J connectivity index is 2.12. The third-order valence-corrected chi connectivity index (χ3v) is 10.9. The number of likely N-dealkylation sites (tertiary alicyclic amines) is 1. The van der Waals surface area contributed by atoms with Crippen molar-refractivity contribution in [3.63, 3.8) is 0 Å². The lowest BCUT2D eigenvalue weighted by molar-refractivity contribution is -0.141. The van der Waals surface area contributed by atoms with Gasteiger partial charge in [0.1, 0.15) is 17.4 Å². The summed E-state index contributed by atoms with van der Waals surface area (Å²) in [5, 5.41) is 6.99. The van der Waals surface area contributed by atoms with Crippen LogP contribution in [0.5, 0.6) is 0 Å². The summed E-state index contributed by atoms with van der Waals surface area (Å²) in [5.74, 6) is -1.28. The van der Waals surface area contributed by atoms with Crippen molar-refractivity contribution < 1.29 is 28.3 Å². The minimum atomic E-state index is -1.67. The summed E-state index contributed by atoms with van der Waals surface area (Å²) in [6.45, 7) is 20.7. The molecular weight excluding hydrogens is 694 g/mol. The molecule has 1 saturated heterocycles. The van der Waals surface area contributed by atoms with E-state index in [-0.39, 0.29) is 29.4 Å². The molecule has 6 atom stereocenters. The molecule has 1 aliphatic heterocycles. The molecule has 3 amide bonds. The molecule has 11 heteroatoms. The van der Waals surface area contributed by atoms with E-state index in [2.05, 4.69) is 44.5 Å². The van der Waals surface area contributed by atoms with Crippen molar-refractivity contribution in [2.45, 2.75) is 124 Å². The Bertz CT molecular complexity index is 1480. The summed E-state index contributed by atoms with van der Waals surface area (Å²) in [6, 6.07) is 16.1. The fourth-order valence-corrected chi connectivity index (χ4v) is 7.97. The number of nitrogens with one attached hydrogen (secondary N) is 2. The Kier molecular flexibility index (Phi) is 16.0. The second kappa shape index (κ2) is 19.2. The van der Waals surface area contributed by atoms with Crippen LogP contribution in [0.3, 0.4) is 0 Å². The van der Waals surface area contributed by atoms with Gasteiger partial charge >= 0.3 is 6.09 Å². The Hall–Kier alpha value is -3.21. The Morgan fingerprint density at radius 1 is 0.942 bits per heavy atom. The van der Waals surface area contributed by atoms with E-state index in [1.165, 1.54) is 0 Å². The zero-order chi connectivity index (χ0) is 38.8. The number of hydrogen-bond acceptors (Lipinski definition) is 6. The molecule has 9 nitrogen and oxygen atoms in total. The summed E-state index contributed by atoms with van der Waals surface area (Å²) in [6.07, 6.45) is 1.02. The number of benzene rings is 2. The fourth-order valence-electron chi connectivity index (χ4n) is 6.84. The maximum Gasteiger partial charge on any atom is 0.407 e. The van der Waals surface area contributed by atoms with Crippen LogP contribution in [0.4, 0.5) is 4.79 Å². The topological polar surface area (TPSA) is 114 Å². The van der Waals surface area contributed by atoms with Crippen molar-refractivity contribution in [1.29, 1.82) is 0 Å². The number of halogens is 1. The summed E-state index contributed by atoms with van der Waals surface area (Å²) < 4.78 is 12.6. The van der Waals surface area contributed by atoms with Crippen molar-refractivity contribution in [2.24, 2.45) is 23.2 Å². The molecule has 3 rings (SSSR count). The zero-order valence-corrected chi connectivity index (χ0v) is 34.9. The number of ketones is 1. The molecule has 0 aromatic heterocycles. The summed E-state index contributed by atoms with van der Waals surface area (Å²) in [4.78, 5) is 56.0. The van der Waals surface area contributed by atoms with Crippen LogP contribution in [0.15, 0.2) is 54.6 Å². The predicted octanol–water partition coefficient (Wildman–Crippen LogP) is 7.91. The van der Waals surface area contributed by atoms with Gasteiger partial charge in [0.25, 0.3) is 0 Å². The number of alkyl carbamates (subject to hydrolysis) is 1. The Morgan fingerprint density at radius 2 is 1.58 bits per heavy atom. The maximum absolute atomic E-state index is 14.7. The molecule has 1 heterocycles. The van der Waals surface area contributed by atoms with Gasteiger partial charge in [0.2, 0.25) is 11.8 Å². The standard InChI is InChI=1S/C41H62ClN3O6Si/c1-11-27(2)34(38(48)45-22-20-32(46)21-23-45)43-37(47)30(24-28-16-15-19-31(42)25-28)26-33(40(3,4)5)35(44-39(49)50-41(6,7)8)36(51-52(9)10)29-17-13-12-14-18-29/h12-19,25,27,30,33-36,52H,11,20-24,26H2,1-10H3,(H,43,47)(H,44,49)/t27-,30-,33+,34-,35-,36?/m0/s1. The molecule has 288 valence electrons. The highest BCUT2D eigenvalue weighted by molar-refractivity contribution is 6.48. The van der Waals surface area contributed by atoms with Crippen LogP contribution in [0.2, 0.25) is 18.1 Å². The van der Waals surface area contributed by atoms with Crippen LogP contribution in [0, 0.1) is 23.2 Å². The summed E-state index contributed by atoms with van der Waals surface area (Å²) in [7, 11) is -1.67. The van der Waals surface area contributed by atoms with Gasteiger partial charge in [-0.3, -0.25) is 14.4 Å². The molecule has 0 radical (unpaired) electrons. The highest BCUT2D eigenvalue weighted by atomic mass is 35.5. The average molecular weight is 757 g/mol. The van der Waals surface area contributed by atoms with E-state index in [9.17, 15) is 19.2 Å². The minimum Gasteiger partial charge on any atom is -0.444 e. The highest BCUT2D eigenvalue weighted by Gasteiger charge is 2.43. The van der Waals surface area contributed by atoms with E-state index in [1.54, 1.807) is 11.0 Å². The maximum atomic E-state index is 14.7. The molecule has 2 N–H and O–H groups in total. The number of piperidine rings is 1. The average Bonchev–Trinajstić information content (AvgIpc) is 3.05. The van der Waals surface area contributed by atoms with Gasteiger partial charge in [-0.15, -0.1) is 0 Å². The number of ether oxygens (including phenoxy) is 1. The lowest BCUT2D eigenvalue weighted by atomic mass is 9.69. The van der Waals surface area contributed by atoms with Gasteiger partial charge in [-0.25, -0.2) is 4.79 Å². The number of carbonyl (C=O) groups is 4. The number of rotatable bonds is 15. The lowest BCUT2D eigenvalue weighted by Gasteiger charge is -2.43. The minimum absolute atomic E-state index is 0.132. The van der Waals surface area contributed by atoms with Gasteiger partial charge in [-0.05, 0) is 87.2 Å². The van der Waals surface area contributed by atoms with E-state index < -0.39 is 50.3 Å². The van der Waals surface area contributed by atoms with Crippen molar-refractivity contribution >= 4 is 44.3 Å². The molecule has 0 bridgehead atoms. The molecule has 1 unspecified atom stereocenters. The van der Waals surface area contributed by atoms with Gasteiger partial charge in [-0.2, -0.15) is 0 Å². The second-order valence-corrected chi connectivity index (χ2v) is 19.5. The highest BCUT2D eigenvalue weighted by Crippen LogP contribution is 2.41. The number of nitrogens with zero attached hydrogens (tertiary/aromatic N) is 1. The van der Waals surface area contributed by atoms with Crippen molar-refractivity contribution in [3.05, 3.63) is 70.7 Å². The number of carbonyl (C=O) groups excluding carboxylic acids is 4. The van der Waals surface area contributed by atoms with Gasteiger partial charge in [0.05, 0.1) is 12.1 Å². The van der Waals surface area contributed by atoms with E-state index >= 15 is 0 Å². The monoisotopic (exact) mass is 755 g/mol. The van der Waals surface area contributed by atoms with Crippen molar-refractivity contribution in [2.75, 3.05) is 13.1 Å². The quantitative estimate of drug-likeness (QED) is 0.179. The number of hydrogen-bond donors (Lipinski definition) is 2. The first kappa shape index (κ1) is 43.2. The van der Waals surface area contributed by atoms with Crippen LogP contribution in [0.1, 0.15) is 98.3 Å². The normalized spacial score (nSPS) is 17.5. The molecule has 1 aliphatic rings.